The lowest BCUT2D eigenvalue weighted by Crippen LogP contribution is -2.36. The van der Waals surface area contributed by atoms with Crippen LogP contribution in [0, 0.1) is 5.92 Å². The highest BCUT2D eigenvalue weighted by Crippen LogP contribution is 2.27. The fourth-order valence-electron chi connectivity index (χ4n) is 2.64. The lowest BCUT2D eigenvalue weighted by molar-refractivity contribution is -0.122. The molecule has 0 aliphatic heterocycles. The number of rotatable bonds is 6. The Balaban J connectivity index is 2.36. The van der Waals surface area contributed by atoms with Gasteiger partial charge in [-0.25, -0.2) is 0 Å². The van der Waals surface area contributed by atoms with Crippen molar-refractivity contribution < 1.29 is 4.79 Å². The predicted octanol–water partition coefficient (Wildman–Crippen LogP) is 4.24. The molecule has 2 aromatic rings. The average Bonchev–Trinajstić information content (AvgIpc) is 2.55. The summed E-state index contributed by atoms with van der Waals surface area (Å²) >= 11 is 0. The summed E-state index contributed by atoms with van der Waals surface area (Å²) in [6.07, 6.45) is 1.68. The van der Waals surface area contributed by atoms with Gasteiger partial charge < -0.3 is 10.6 Å². The second kappa shape index (κ2) is 7.64. The van der Waals surface area contributed by atoms with Crippen LogP contribution in [0.3, 0.4) is 0 Å². The fourth-order valence-corrected chi connectivity index (χ4v) is 2.64. The first-order valence-electron chi connectivity index (χ1n) is 7.87. The molecule has 0 bridgehead atoms. The minimum absolute atomic E-state index is 0.0309. The van der Waals surface area contributed by atoms with Crippen LogP contribution in [-0.2, 0) is 11.3 Å². The normalized spacial score (nSPS) is 10.7. The number of nitrogens with zero attached hydrogens (tertiary/aromatic N) is 1. The summed E-state index contributed by atoms with van der Waals surface area (Å²) in [6.45, 7) is 4.66. The van der Waals surface area contributed by atoms with E-state index < -0.39 is 0 Å². The minimum atomic E-state index is 0.0309. The topological polar surface area (TPSA) is 46.3 Å². The lowest BCUT2D eigenvalue weighted by atomic mass is 10.0. The van der Waals surface area contributed by atoms with E-state index in [0.717, 1.165) is 24.1 Å². The number of carbonyl (C=O) groups excluding carboxylic acids is 1. The van der Waals surface area contributed by atoms with Gasteiger partial charge in [0.2, 0.25) is 5.91 Å². The molecule has 0 aliphatic carbocycles. The molecule has 2 rings (SSSR count). The Morgan fingerprint density at radius 3 is 2.18 bits per heavy atom. The molecule has 1 amide bonds. The van der Waals surface area contributed by atoms with Gasteiger partial charge in [-0.05, 0) is 30.5 Å². The maximum atomic E-state index is 12.9. The molecule has 0 aromatic heterocycles. The van der Waals surface area contributed by atoms with E-state index in [4.69, 9.17) is 5.73 Å². The molecule has 3 nitrogen and oxygen atoms in total. The van der Waals surface area contributed by atoms with Gasteiger partial charge in [-0.3, -0.25) is 4.79 Å². The van der Waals surface area contributed by atoms with Crippen LogP contribution in [0.25, 0.3) is 0 Å². The first-order chi connectivity index (χ1) is 10.7. The third kappa shape index (κ3) is 3.67. The Morgan fingerprint density at radius 2 is 1.59 bits per heavy atom. The molecule has 2 aromatic carbocycles. The van der Waals surface area contributed by atoms with Crippen molar-refractivity contribution >= 4 is 17.3 Å². The largest absolute Gasteiger partial charge is 0.397 e. The number of para-hydroxylation sites is 2. The summed E-state index contributed by atoms with van der Waals surface area (Å²) in [5.41, 5.74) is 8.64. The van der Waals surface area contributed by atoms with Crippen LogP contribution in [0.1, 0.15) is 32.3 Å². The van der Waals surface area contributed by atoms with Crippen LogP contribution < -0.4 is 10.6 Å². The van der Waals surface area contributed by atoms with Crippen molar-refractivity contribution in [3.63, 3.8) is 0 Å². The van der Waals surface area contributed by atoms with Crippen LogP contribution in [-0.4, -0.2) is 5.91 Å². The molecule has 0 radical (unpaired) electrons. The van der Waals surface area contributed by atoms with Crippen LogP contribution >= 0.6 is 0 Å². The highest BCUT2D eigenvalue weighted by molar-refractivity contribution is 5.97. The zero-order valence-electron chi connectivity index (χ0n) is 13.3. The molecular formula is C19H24N2O. The highest BCUT2D eigenvalue weighted by Gasteiger charge is 2.24. The van der Waals surface area contributed by atoms with Gasteiger partial charge in [0.05, 0.1) is 17.9 Å². The van der Waals surface area contributed by atoms with Crippen molar-refractivity contribution in [2.45, 2.75) is 33.2 Å². The zero-order chi connectivity index (χ0) is 15.9. The number of carbonyl (C=O) groups is 1. The highest BCUT2D eigenvalue weighted by atomic mass is 16.2. The maximum absolute atomic E-state index is 12.9. The zero-order valence-corrected chi connectivity index (χ0v) is 13.3. The summed E-state index contributed by atoms with van der Waals surface area (Å²) in [7, 11) is 0. The van der Waals surface area contributed by atoms with E-state index in [1.54, 1.807) is 0 Å². The van der Waals surface area contributed by atoms with Gasteiger partial charge in [-0.1, -0.05) is 56.3 Å². The van der Waals surface area contributed by atoms with E-state index >= 15 is 0 Å². The van der Waals surface area contributed by atoms with Crippen molar-refractivity contribution in [2.75, 3.05) is 10.6 Å². The van der Waals surface area contributed by atoms with Crippen LogP contribution in [0.5, 0.6) is 0 Å². The van der Waals surface area contributed by atoms with Gasteiger partial charge >= 0.3 is 0 Å². The molecule has 0 atom stereocenters. The fraction of sp³-hybridized carbons (Fsp3) is 0.316. The summed E-state index contributed by atoms with van der Waals surface area (Å²) in [4.78, 5) is 14.8. The van der Waals surface area contributed by atoms with E-state index in [-0.39, 0.29) is 11.8 Å². The van der Waals surface area contributed by atoms with E-state index in [9.17, 15) is 4.79 Å². The quantitative estimate of drug-likeness (QED) is 0.810. The summed E-state index contributed by atoms with van der Waals surface area (Å²) in [6, 6.07) is 17.6. The van der Waals surface area contributed by atoms with Gasteiger partial charge in [0.25, 0.3) is 0 Å². The number of anilines is 2. The number of hydrogen-bond acceptors (Lipinski definition) is 2. The van der Waals surface area contributed by atoms with Gasteiger partial charge in [0.1, 0.15) is 0 Å². The van der Waals surface area contributed by atoms with Gasteiger partial charge in [0, 0.05) is 5.92 Å². The van der Waals surface area contributed by atoms with Crippen LogP contribution in [0.4, 0.5) is 11.4 Å². The van der Waals surface area contributed by atoms with E-state index in [2.05, 4.69) is 13.8 Å². The van der Waals surface area contributed by atoms with Gasteiger partial charge in [0.15, 0.2) is 0 Å². The van der Waals surface area contributed by atoms with Gasteiger partial charge in [-0.2, -0.15) is 0 Å². The van der Waals surface area contributed by atoms with E-state index in [0.29, 0.717) is 12.2 Å². The number of hydrogen-bond donors (Lipinski definition) is 1. The van der Waals surface area contributed by atoms with E-state index in [1.807, 2.05) is 59.5 Å². The number of nitrogens with two attached hydrogens (primary N) is 1. The molecule has 0 heterocycles. The molecule has 3 heteroatoms. The Morgan fingerprint density at radius 1 is 1.00 bits per heavy atom. The van der Waals surface area contributed by atoms with Crippen LogP contribution in [0.2, 0.25) is 0 Å². The third-order valence-electron chi connectivity index (χ3n) is 4.01. The number of amides is 1. The molecular weight excluding hydrogens is 272 g/mol. The van der Waals surface area contributed by atoms with Crippen molar-refractivity contribution in [3.05, 3.63) is 60.2 Å². The lowest BCUT2D eigenvalue weighted by Gasteiger charge is -2.28. The molecule has 116 valence electrons. The average molecular weight is 296 g/mol. The summed E-state index contributed by atoms with van der Waals surface area (Å²) in [5.74, 6) is 0.176. The number of benzene rings is 2. The molecule has 0 saturated carbocycles. The second-order valence-corrected chi connectivity index (χ2v) is 5.48. The molecule has 0 aliphatic rings. The van der Waals surface area contributed by atoms with Crippen molar-refractivity contribution in [2.24, 2.45) is 5.92 Å². The van der Waals surface area contributed by atoms with Crippen LogP contribution in [0.15, 0.2) is 54.6 Å². The third-order valence-corrected chi connectivity index (χ3v) is 4.01. The summed E-state index contributed by atoms with van der Waals surface area (Å²) < 4.78 is 0. The Kier molecular flexibility index (Phi) is 5.59. The number of nitrogen functional groups attached to an aromatic ring is 1. The molecule has 0 spiro atoms. The smallest absolute Gasteiger partial charge is 0.230 e. The monoisotopic (exact) mass is 296 g/mol. The second-order valence-electron chi connectivity index (χ2n) is 5.48. The van der Waals surface area contributed by atoms with Gasteiger partial charge in [-0.15, -0.1) is 0 Å². The first-order valence-corrected chi connectivity index (χ1v) is 7.87. The SMILES string of the molecule is CCC(CC)C(=O)N(Cc1ccccc1)c1ccccc1N. The molecule has 22 heavy (non-hydrogen) atoms. The van der Waals surface area contributed by atoms with E-state index in [1.165, 1.54) is 0 Å². The predicted molar refractivity (Wildman–Crippen MR) is 92.6 cm³/mol. The maximum Gasteiger partial charge on any atom is 0.230 e. The first kappa shape index (κ1) is 16.1. The summed E-state index contributed by atoms with van der Waals surface area (Å²) in [5, 5.41) is 0. The molecule has 0 fully saturated rings. The molecule has 0 unspecified atom stereocenters. The van der Waals surface area contributed by atoms with Crippen molar-refractivity contribution in [3.8, 4) is 0 Å². The Bertz CT molecular complexity index is 606. The minimum Gasteiger partial charge on any atom is -0.397 e. The molecule has 2 N–H and O–H groups in total. The van der Waals surface area contributed by atoms with Crippen molar-refractivity contribution in [1.29, 1.82) is 0 Å². The molecule has 0 saturated heterocycles. The Hall–Kier alpha value is -2.29. The van der Waals surface area contributed by atoms with Crippen molar-refractivity contribution in [1.82, 2.24) is 0 Å². The standard InChI is InChI=1S/C19H24N2O/c1-3-16(4-2)19(22)21(14-15-10-6-5-7-11-15)18-13-9-8-12-17(18)20/h5-13,16H,3-4,14,20H2,1-2H3. The Labute approximate surface area is 132 Å².